The van der Waals surface area contributed by atoms with Crippen LogP contribution in [0.25, 0.3) is 21.4 Å². The van der Waals surface area contributed by atoms with E-state index in [0.29, 0.717) is 5.69 Å². The lowest BCUT2D eigenvalue weighted by Gasteiger charge is -2.36. The fourth-order valence-corrected chi connectivity index (χ4v) is 4.79. The third-order valence-electron chi connectivity index (χ3n) is 6.74. The number of rotatable bonds is 7. The van der Waals surface area contributed by atoms with Crippen LogP contribution in [-0.4, -0.2) is 47.2 Å². The van der Waals surface area contributed by atoms with Gasteiger partial charge in [-0.2, -0.15) is 0 Å². The van der Waals surface area contributed by atoms with Crippen LogP contribution in [0.1, 0.15) is 18.4 Å². The van der Waals surface area contributed by atoms with Gasteiger partial charge in [0.2, 0.25) is 0 Å². The molecule has 34 heavy (non-hydrogen) atoms. The maximum Gasteiger partial charge on any atom is 0.255 e. The molecule has 1 N–H and O–H groups in total. The number of H-pyrrole nitrogens is 1. The van der Waals surface area contributed by atoms with Crippen molar-refractivity contribution in [2.45, 2.75) is 19.3 Å². The Balaban J connectivity index is 1.09. The first-order valence-electron chi connectivity index (χ1n) is 11.9. The number of pyridine rings is 1. The Kier molecular flexibility index (Phi) is 6.46. The van der Waals surface area contributed by atoms with E-state index in [1.807, 2.05) is 36.4 Å². The van der Waals surface area contributed by atoms with E-state index in [9.17, 15) is 4.79 Å². The van der Waals surface area contributed by atoms with Gasteiger partial charge in [-0.05, 0) is 79.2 Å². The highest BCUT2D eigenvalue weighted by Gasteiger charge is 2.17. The Hall–Kier alpha value is -3.82. The highest BCUT2D eigenvalue weighted by molar-refractivity contribution is 5.86. The Morgan fingerprint density at radius 2 is 1.71 bits per heavy atom. The van der Waals surface area contributed by atoms with Gasteiger partial charge in [-0.3, -0.25) is 14.3 Å². The monoisotopic (exact) mass is 451 g/mol. The average Bonchev–Trinajstić information content (AvgIpc) is 3.29. The van der Waals surface area contributed by atoms with Crippen LogP contribution in [0.3, 0.4) is 0 Å². The molecule has 5 rings (SSSR count). The lowest BCUT2D eigenvalue weighted by atomic mass is 10.1. The number of hydrogen-bond acceptors (Lipinski definition) is 3. The molecule has 1 aliphatic rings. The van der Waals surface area contributed by atoms with E-state index >= 15 is 0 Å². The zero-order valence-electron chi connectivity index (χ0n) is 19.3. The Morgan fingerprint density at radius 1 is 0.912 bits per heavy atom. The van der Waals surface area contributed by atoms with Crippen LogP contribution >= 0.6 is 0 Å². The second kappa shape index (κ2) is 9.98. The molecule has 0 spiro atoms. The topological polar surface area (TPSA) is 48.6 Å². The Bertz CT molecular complexity index is 1350. The first kappa shape index (κ1) is 22.0. The van der Waals surface area contributed by atoms with Gasteiger partial charge in [0, 0.05) is 61.5 Å². The number of anilines is 1. The third-order valence-corrected chi connectivity index (χ3v) is 6.74. The number of nitrogens with one attached hydrogen (secondary N) is 1. The average molecular weight is 452 g/mol. The zero-order chi connectivity index (χ0) is 23.3. The van der Waals surface area contributed by atoms with E-state index < -0.39 is 0 Å². The summed E-state index contributed by atoms with van der Waals surface area (Å²) in [5, 5.41) is 1.19. The minimum absolute atomic E-state index is 0.0123. The van der Waals surface area contributed by atoms with Crippen LogP contribution in [0.15, 0.2) is 77.9 Å². The molecule has 6 heteroatoms. The first-order valence-corrected chi connectivity index (χ1v) is 11.9. The van der Waals surface area contributed by atoms with Crippen molar-refractivity contribution in [3.63, 3.8) is 0 Å². The molecule has 3 heterocycles. The first-order chi connectivity index (χ1) is 16.7. The standard InChI is InChI=1S/C28H29N5O/c1-29-23-8-13-27-26(20-23)22(21-30-27)6-2-4-14-31-16-18-32(19-17-31)24-9-11-25(12-10-24)33-15-5-3-7-28(33)34/h3,5,7-13,15,20-21,30H,2,4,6,14,16-19H2. The maximum atomic E-state index is 12.0. The van der Waals surface area contributed by atoms with Crippen molar-refractivity contribution in [1.29, 1.82) is 0 Å². The second-order valence-corrected chi connectivity index (χ2v) is 8.87. The second-order valence-electron chi connectivity index (χ2n) is 8.87. The maximum absolute atomic E-state index is 12.0. The Morgan fingerprint density at radius 3 is 2.47 bits per heavy atom. The van der Waals surface area contributed by atoms with Crippen molar-refractivity contribution in [2.24, 2.45) is 0 Å². The molecule has 1 saturated heterocycles. The predicted octanol–water partition coefficient (Wildman–Crippen LogP) is 5.01. The lowest BCUT2D eigenvalue weighted by molar-refractivity contribution is 0.253. The third kappa shape index (κ3) is 4.75. The quantitative estimate of drug-likeness (QED) is 0.317. The van der Waals surface area contributed by atoms with Gasteiger partial charge in [0.15, 0.2) is 5.69 Å². The highest BCUT2D eigenvalue weighted by Crippen LogP contribution is 2.25. The number of aromatic amines is 1. The summed E-state index contributed by atoms with van der Waals surface area (Å²) in [6.45, 7) is 12.5. The summed E-state index contributed by atoms with van der Waals surface area (Å²) in [5.74, 6) is 0. The fourth-order valence-electron chi connectivity index (χ4n) is 4.79. The van der Waals surface area contributed by atoms with Gasteiger partial charge in [-0.1, -0.05) is 12.1 Å². The van der Waals surface area contributed by atoms with Crippen molar-refractivity contribution in [1.82, 2.24) is 14.5 Å². The highest BCUT2D eigenvalue weighted by atomic mass is 16.1. The molecular formula is C28H29N5O. The lowest BCUT2D eigenvalue weighted by Crippen LogP contribution is -2.46. The number of fused-ring (bicyclic) bond motifs is 1. The van der Waals surface area contributed by atoms with Gasteiger partial charge in [0.05, 0.1) is 6.57 Å². The van der Waals surface area contributed by atoms with E-state index in [1.54, 1.807) is 22.9 Å². The molecule has 0 aliphatic carbocycles. The minimum Gasteiger partial charge on any atom is -0.369 e. The minimum atomic E-state index is -0.0123. The molecule has 0 radical (unpaired) electrons. The molecular weight excluding hydrogens is 422 g/mol. The Labute approximate surface area is 199 Å². The zero-order valence-corrected chi connectivity index (χ0v) is 19.3. The van der Waals surface area contributed by atoms with Crippen LogP contribution in [0, 0.1) is 6.57 Å². The van der Waals surface area contributed by atoms with Crippen molar-refractivity contribution in [3.8, 4) is 5.69 Å². The van der Waals surface area contributed by atoms with Gasteiger partial charge in [0.1, 0.15) is 0 Å². The van der Waals surface area contributed by atoms with Crippen LogP contribution < -0.4 is 10.5 Å². The van der Waals surface area contributed by atoms with Gasteiger partial charge < -0.3 is 9.88 Å². The summed E-state index contributed by atoms with van der Waals surface area (Å²) in [6.07, 6.45) is 7.26. The van der Waals surface area contributed by atoms with Gasteiger partial charge in [0.25, 0.3) is 5.56 Å². The molecule has 172 valence electrons. The van der Waals surface area contributed by atoms with Crippen LogP contribution in [0.2, 0.25) is 0 Å². The number of piperazine rings is 1. The molecule has 1 aliphatic heterocycles. The molecule has 0 amide bonds. The summed E-state index contributed by atoms with van der Waals surface area (Å²) in [5.41, 5.74) is 5.23. The summed E-state index contributed by atoms with van der Waals surface area (Å²) >= 11 is 0. The molecule has 1 fully saturated rings. The number of aryl methyl sites for hydroxylation is 1. The number of aromatic nitrogens is 2. The summed E-state index contributed by atoms with van der Waals surface area (Å²) in [6, 6.07) is 19.4. The van der Waals surface area contributed by atoms with Crippen LogP contribution in [0.4, 0.5) is 11.4 Å². The molecule has 2 aromatic heterocycles. The summed E-state index contributed by atoms with van der Waals surface area (Å²) in [4.78, 5) is 23.9. The molecule has 0 atom stereocenters. The van der Waals surface area contributed by atoms with E-state index in [-0.39, 0.29) is 5.56 Å². The smallest absolute Gasteiger partial charge is 0.255 e. The van der Waals surface area contributed by atoms with Crippen molar-refractivity contribution in [2.75, 3.05) is 37.6 Å². The molecule has 0 bridgehead atoms. The number of nitrogens with zero attached hydrogens (tertiary/aromatic N) is 4. The van der Waals surface area contributed by atoms with E-state index in [0.717, 1.165) is 56.8 Å². The molecule has 0 unspecified atom stereocenters. The normalized spacial score (nSPS) is 14.4. The van der Waals surface area contributed by atoms with E-state index in [2.05, 4.69) is 38.0 Å². The SMILES string of the molecule is [C-]#[N+]c1ccc2[nH]cc(CCCCN3CCN(c4ccc(-n5ccccc5=O)cc4)CC3)c2c1. The van der Waals surface area contributed by atoms with Gasteiger partial charge in [-0.25, -0.2) is 4.85 Å². The van der Waals surface area contributed by atoms with Crippen molar-refractivity contribution >= 4 is 22.3 Å². The molecule has 6 nitrogen and oxygen atoms in total. The largest absolute Gasteiger partial charge is 0.369 e. The van der Waals surface area contributed by atoms with Crippen LogP contribution in [-0.2, 0) is 6.42 Å². The van der Waals surface area contributed by atoms with E-state index in [1.165, 1.54) is 23.1 Å². The van der Waals surface area contributed by atoms with Crippen LogP contribution in [0.5, 0.6) is 0 Å². The van der Waals surface area contributed by atoms with Crippen molar-refractivity contribution < 1.29 is 0 Å². The van der Waals surface area contributed by atoms with E-state index in [4.69, 9.17) is 6.57 Å². The molecule has 4 aromatic rings. The van der Waals surface area contributed by atoms with Gasteiger partial charge >= 0.3 is 0 Å². The number of unbranched alkanes of at least 4 members (excludes halogenated alkanes) is 1. The fraction of sp³-hybridized carbons (Fsp3) is 0.286. The number of benzene rings is 2. The summed E-state index contributed by atoms with van der Waals surface area (Å²) < 4.78 is 1.67. The number of hydrogen-bond donors (Lipinski definition) is 1. The predicted molar refractivity (Wildman–Crippen MR) is 138 cm³/mol. The van der Waals surface area contributed by atoms with Gasteiger partial charge in [-0.15, -0.1) is 0 Å². The van der Waals surface area contributed by atoms with Crippen molar-refractivity contribution in [3.05, 3.63) is 100 Å². The molecule has 2 aromatic carbocycles. The molecule has 0 saturated carbocycles. The summed E-state index contributed by atoms with van der Waals surface area (Å²) in [7, 11) is 0.